The van der Waals surface area contributed by atoms with Crippen molar-refractivity contribution in [3.63, 3.8) is 0 Å². The van der Waals surface area contributed by atoms with Gasteiger partial charge >= 0.3 is 0 Å². The van der Waals surface area contributed by atoms with Gasteiger partial charge in [-0.25, -0.2) is 4.98 Å². The van der Waals surface area contributed by atoms with E-state index in [1.54, 1.807) is 14.2 Å². The second-order valence-corrected chi connectivity index (χ2v) is 8.44. The van der Waals surface area contributed by atoms with Crippen LogP contribution in [0.1, 0.15) is 5.69 Å². The molecule has 0 amide bonds. The molecular weight excluding hydrogens is 440 g/mol. The van der Waals surface area contributed by atoms with Crippen LogP contribution in [0.3, 0.4) is 0 Å². The highest BCUT2D eigenvalue weighted by molar-refractivity contribution is 5.82. The Morgan fingerprint density at radius 1 is 0.886 bits per heavy atom. The first-order valence-corrected chi connectivity index (χ1v) is 11.4. The van der Waals surface area contributed by atoms with Gasteiger partial charge in [0.15, 0.2) is 0 Å². The van der Waals surface area contributed by atoms with Crippen molar-refractivity contribution in [2.75, 3.05) is 25.7 Å². The molecule has 0 saturated heterocycles. The average Bonchev–Trinajstić information content (AvgIpc) is 3.51. The first kappa shape index (κ1) is 22.5. The van der Waals surface area contributed by atoms with Crippen LogP contribution in [-0.2, 0) is 13.6 Å². The second-order valence-electron chi connectivity index (χ2n) is 8.44. The van der Waals surface area contributed by atoms with Crippen molar-refractivity contribution in [3.8, 4) is 22.8 Å². The number of nitrogens with zero attached hydrogens (tertiary/aromatic N) is 6. The molecule has 0 fully saturated rings. The summed E-state index contributed by atoms with van der Waals surface area (Å²) in [4.78, 5) is 11.8. The molecule has 0 unspecified atom stereocenters. The van der Waals surface area contributed by atoms with E-state index in [0.29, 0.717) is 13.1 Å². The Kier molecular flexibility index (Phi) is 6.10. The lowest BCUT2D eigenvalue weighted by molar-refractivity contribution is 0.394. The van der Waals surface area contributed by atoms with E-state index in [-0.39, 0.29) is 0 Å². The van der Waals surface area contributed by atoms with Crippen LogP contribution in [0.2, 0.25) is 0 Å². The number of fused-ring (bicyclic) bond motifs is 1. The molecule has 2 aromatic carbocycles. The number of rotatable bonds is 8. The number of ether oxygens (including phenoxy) is 2. The summed E-state index contributed by atoms with van der Waals surface area (Å²) in [6.07, 6.45) is 7.87. The summed E-state index contributed by atoms with van der Waals surface area (Å²) in [5.41, 5.74) is 6.51. The summed E-state index contributed by atoms with van der Waals surface area (Å²) in [6, 6.07) is 16.1. The van der Waals surface area contributed by atoms with Gasteiger partial charge in [0.2, 0.25) is 0 Å². The molecule has 178 valence electrons. The van der Waals surface area contributed by atoms with Crippen LogP contribution in [0.25, 0.3) is 22.3 Å². The largest absolute Gasteiger partial charge is 0.497 e. The predicted octanol–water partition coefficient (Wildman–Crippen LogP) is 5.00. The maximum absolute atomic E-state index is 5.54. The first-order chi connectivity index (χ1) is 17.0. The average molecular weight is 469 g/mol. The third kappa shape index (κ3) is 4.82. The molecule has 0 aliphatic carbocycles. The van der Waals surface area contributed by atoms with Gasteiger partial charge in [0, 0.05) is 67.3 Å². The van der Waals surface area contributed by atoms with Crippen molar-refractivity contribution in [2.45, 2.75) is 13.5 Å². The number of methoxy groups -OCH3 is 2. The molecule has 5 aromatic rings. The molecular formula is C27H28N6O2. The van der Waals surface area contributed by atoms with Crippen LogP contribution in [0.5, 0.6) is 11.5 Å². The summed E-state index contributed by atoms with van der Waals surface area (Å²) in [5, 5.41) is 4.55. The lowest BCUT2D eigenvalue weighted by Gasteiger charge is -2.26. The lowest BCUT2D eigenvalue weighted by Crippen LogP contribution is -2.23. The highest BCUT2D eigenvalue weighted by atomic mass is 16.5. The Bertz CT molecular complexity index is 1450. The molecule has 3 aromatic heterocycles. The quantitative estimate of drug-likeness (QED) is 0.319. The highest BCUT2D eigenvalue weighted by Gasteiger charge is 2.15. The molecule has 0 aliphatic heterocycles. The maximum atomic E-state index is 5.54. The number of anilines is 2. The highest BCUT2D eigenvalue weighted by Crippen LogP contribution is 2.34. The molecule has 0 atom stereocenters. The minimum absolute atomic E-state index is 0.689. The van der Waals surface area contributed by atoms with Crippen molar-refractivity contribution in [1.29, 1.82) is 0 Å². The fourth-order valence-corrected chi connectivity index (χ4v) is 4.11. The Morgan fingerprint density at radius 3 is 2.34 bits per heavy atom. The third-order valence-corrected chi connectivity index (χ3v) is 5.94. The molecule has 0 radical (unpaired) electrons. The predicted molar refractivity (Wildman–Crippen MR) is 137 cm³/mol. The Hall–Kier alpha value is -4.33. The summed E-state index contributed by atoms with van der Waals surface area (Å²) in [7, 11) is 5.32. The van der Waals surface area contributed by atoms with Gasteiger partial charge in [-0.15, -0.1) is 0 Å². The number of hydrogen-bond acceptors (Lipinski definition) is 6. The summed E-state index contributed by atoms with van der Waals surface area (Å²) in [6.45, 7) is 3.39. The minimum atomic E-state index is 0.689. The molecule has 8 heteroatoms. The number of hydrogen-bond donors (Lipinski definition) is 0. The van der Waals surface area contributed by atoms with E-state index in [4.69, 9.17) is 14.5 Å². The van der Waals surface area contributed by atoms with Crippen LogP contribution in [0.4, 0.5) is 11.4 Å². The van der Waals surface area contributed by atoms with Crippen LogP contribution in [-0.4, -0.2) is 45.1 Å². The SMILES string of the molecule is COc1cc(OC)cc(N(CCn2ccc(C)n2)c2ccc3ncc(-c4ccn(C)c4)nc3c2)c1. The number of aryl methyl sites for hydroxylation is 2. The maximum Gasteiger partial charge on any atom is 0.124 e. The van der Waals surface area contributed by atoms with Crippen molar-refractivity contribution >= 4 is 22.4 Å². The number of benzene rings is 2. The Balaban J connectivity index is 1.57. The fourth-order valence-electron chi connectivity index (χ4n) is 4.11. The molecule has 0 N–H and O–H groups in total. The van der Waals surface area contributed by atoms with E-state index in [1.165, 1.54) is 0 Å². The lowest BCUT2D eigenvalue weighted by atomic mass is 10.2. The van der Waals surface area contributed by atoms with Crippen molar-refractivity contribution in [1.82, 2.24) is 24.3 Å². The van der Waals surface area contributed by atoms with Gasteiger partial charge in [0.25, 0.3) is 0 Å². The molecule has 0 bridgehead atoms. The van der Waals surface area contributed by atoms with Crippen LogP contribution >= 0.6 is 0 Å². The molecule has 0 spiro atoms. The van der Waals surface area contributed by atoms with E-state index in [0.717, 1.165) is 50.9 Å². The molecule has 3 heterocycles. The summed E-state index contributed by atoms with van der Waals surface area (Å²) >= 11 is 0. The minimum Gasteiger partial charge on any atom is -0.497 e. The van der Waals surface area contributed by atoms with Crippen LogP contribution in [0.15, 0.2) is 73.3 Å². The monoisotopic (exact) mass is 468 g/mol. The second kappa shape index (κ2) is 9.50. The summed E-state index contributed by atoms with van der Waals surface area (Å²) in [5.74, 6) is 1.46. The van der Waals surface area contributed by atoms with Gasteiger partial charge in [-0.1, -0.05) is 0 Å². The normalized spacial score (nSPS) is 11.1. The zero-order valence-corrected chi connectivity index (χ0v) is 20.3. The molecule has 0 saturated carbocycles. The fraction of sp³-hybridized carbons (Fsp3) is 0.222. The number of aromatic nitrogens is 5. The van der Waals surface area contributed by atoms with Crippen LogP contribution < -0.4 is 14.4 Å². The van der Waals surface area contributed by atoms with E-state index in [1.807, 2.05) is 84.4 Å². The third-order valence-electron chi connectivity index (χ3n) is 5.94. The zero-order valence-electron chi connectivity index (χ0n) is 20.3. The summed E-state index contributed by atoms with van der Waals surface area (Å²) < 4.78 is 15.0. The van der Waals surface area contributed by atoms with Gasteiger partial charge in [0.05, 0.1) is 49.4 Å². The standard InChI is InChI=1S/C27H28N6O2/c1-19-7-10-32(30-19)11-12-33(22-13-23(34-3)16-24(14-22)35-4)21-5-6-25-26(15-21)29-27(17-28-25)20-8-9-31(2)18-20/h5-10,13-18H,11-12H2,1-4H3. The van der Waals surface area contributed by atoms with Gasteiger partial charge < -0.3 is 18.9 Å². The van der Waals surface area contributed by atoms with E-state index in [2.05, 4.69) is 27.1 Å². The molecule has 35 heavy (non-hydrogen) atoms. The zero-order chi connectivity index (χ0) is 24.4. The molecule has 0 aliphatic rings. The van der Waals surface area contributed by atoms with Crippen molar-refractivity contribution in [2.24, 2.45) is 7.05 Å². The van der Waals surface area contributed by atoms with E-state index in [9.17, 15) is 0 Å². The topological polar surface area (TPSA) is 70.2 Å². The van der Waals surface area contributed by atoms with Gasteiger partial charge in [-0.2, -0.15) is 5.10 Å². The van der Waals surface area contributed by atoms with Crippen molar-refractivity contribution < 1.29 is 9.47 Å². The van der Waals surface area contributed by atoms with Gasteiger partial charge in [-0.05, 0) is 37.3 Å². The van der Waals surface area contributed by atoms with Gasteiger partial charge in [0.1, 0.15) is 11.5 Å². The Labute approximate surface area is 204 Å². The van der Waals surface area contributed by atoms with E-state index < -0.39 is 0 Å². The smallest absolute Gasteiger partial charge is 0.124 e. The van der Waals surface area contributed by atoms with E-state index >= 15 is 0 Å². The molecule has 5 rings (SSSR count). The van der Waals surface area contributed by atoms with Crippen molar-refractivity contribution in [3.05, 3.63) is 79.0 Å². The molecule has 8 nitrogen and oxygen atoms in total. The van der Waals surface area contributed by atoms with Gasteiger partial charge in [-0.3, -0.25) is 9.67 Å². The first-order valence-electron chi connectivity index (χ1n) is 11.4. The van der Waals surface area contributed by atoms with Crippen LogP contribution in [0, 0.1) is 6.92 Å². The Morgan fingerprint density at radius 2 is 1.69 bits per heavy atom.